The lowest BCUT2D eigenvalue weighted by Gasteiger charge is -2.01. The molecule has 0 aliphatic heterocycles. The summed E-state index contributed by atoms with van der Waals surface area (Å²) < 4.78 is 3.14. The largest absolute Gasteiger partial charge is 0.306 e. The molecule has 0 spiro atoms. The van der Waals surface area contributed by atoms with Crippen molar-refractivity contribution in [3.05, 3.63) is 72.3 Å². The van der Waals surface area contributed by atoms with E-state index in [1.807, 2.05) is 48.5 Å². The number of rotatable bonds is 8. The van der Waals surface area contributed by atoms with Gasteiger partial charge in [0, 0.05) is 12.4 Å². The van der Waals surface area contributed by atoms with Crippen LogP contribution in [0.1, 0.15) is 11.1 Å². The Bertz CT molecular complexity index is 1070. The molecule has 4 rings (SSSR count). The standard InChI is InChI=1S/C19H17N11/c20-17(11-21-9-15-3-1-5-18(7-15)29-13-23-25-27-29)12-22-10-16-4-2-6-19(8-16)30-14-24-26-28-30/h1-10,13-14,20H,11-12H2. The van der Waals surface area contributed by atoms with Crippen LogP contribution in [0.4, 0.5) is 0 Å². The molecule has 2 aromatic carbocycles. The molecule has 0 unspecified atom stereocenters. The Balaban J connectivity index is 1.30. The van der Waals surface area contributed by atoms with Crippen molar-refractivity contribution in [2.75, 3.05) is 13.1 Å². The third kappa shape index (κ3) is 4.90. The lowest BCUT2D eigenvalue weighted by molar-refractivity contribution is 0.789. The van der Waals surface area contributed by atoms with Crippen LogP contribution in [0.5, 0.6) is 0 Å². The average Bonchev–Trinajstić information content (AvgIpc) is 3.49. The maximum absolute atomic E-state index is 8.04. The third-order valence-corrected chi connectivity index (χ3v) is 4.01. The molecule has 4 aromatic rings. The second-order valence-corrected chi connectivity index (χ2v) is 6.24. The van der Waals surface area contributed by atoms with Gasteiger partial charge in [-0.25, -0.2) is 9.36 Å². The molecule has 0 radical (unpaired) electrons. The summed E-state index contributed by atoms with van der Waals surface area (Å²) in [5, 5.41) is 30.3. The molecule has 11 nitrogen and oxygen atoms in total. The smallest absolute Gasteiger partial charge is 0.143 e. The van der Waals surface area contributed by atoms with Gasteiger partial charge in [0.1, 0.15) is 12.7 Å². The zero-order valence-corrected chi connectivity index (χ0v) is 15.8. The van der Waals surface area contributed by atoms with Crippen LogP contribution in [0.15, 0.2) is 71.2 Å². The Labute approximate surface area is 171 Å². The van der Waals surface area contributed by atoms with Gasteiger partial charge < -0.3 is 5.41 Å². The SMILES string of the molecule is N=C(CN=Cc1cccc(-n2cnnn2)c1)CN=Cc1cccc(-n2cnnn2)c1. The van der Waals surface area contributed by atoms with Crippen molar-refractivity contribution in [1.29, 1.82) is 5.41 Å². The van der Waals surface area contributed by atoms with Crippen molar-refractivity contribution in [2.45, 2.75) is 0 Å². The van der Waals surface area contributed by atoms with Crippen molar-refractivity contribution >= 4 is 18.1 Å². The first kappa shape index (κ1) is 18.9. The molecule has 0 atom stereocenters. The number of benzene rings is 2. The van der Waals surface area contributed by atoms with E-state index in [0.717, 1.165) is 22.5 Å². The lowest BCUT2D eigenvalue weighted by Crippen LogP contribution is -2.06. The summed E-state index contributed by atoms with van der Waals surface area (Å²) in [4.78, 5) is 8.66. The Morgan fingerprint density at radius 3 is 1.73 bits per heavy atom. The number of aromatic nitrogens is 8. The average molecular weight is 399 g/mol. The van der Waals surface area contributed by atoms with Gasteiger partial charge in [-0.05, 0) is 56.2 Å². The minimum absolute atomic E-state index is 0.275. The van der Waals surface area contributed by atoms with Gasteiger partial charge in [0.05, 0.1) is 30.2 Å². The highest BCUT2D eigenvalue weighted by atomic mass is 15.5. The molecule has 30 heavy (non-hydrogen) atoms. The molecule has 0 aliphatic rings. The molecule has 1 N–H and O–H groups in total. The van der Waals surface area contributed by atoms with Gasteiger partial charge in [-0.3, -0.25) is 9.98 Å². The lowest BCUT2D eigenvalue weighted by atomic mass is 10.2. The number of nitrogens with zero attached hydrogens (tertiary/aromatic N) is 10. The molecule has 0 aliphatic carbocycles. The van der Waals surface area contributed by atoms with Crippen molar-refractivity contribution in [1.82, 2.24) is 40.4 Å². The van der Waals surface area contributed by atoms with Crippen LogP contribution in [0.25, 0.3) is 11.4 Å². The van der Waals surface area contributed by atoms with Crippen LogP contribution in [0.2, 0.25) is 0 Å². The summed E-state index contributed by atoms with van der Waals surface area (Å²) in [5.41, 5.74) is 3.90. The number of tetrazole rings is 2. The second kappa shape index (κ2) is 9.19. The first-order chi connectivity index (χ1) is 14.8. The van der Waals surface area contributed by atoms with Crippen LogP contribution in [-0.4, -0.2) is 71.6 Å². The quantitative estimate of drug-likeness (QED) is 0.442. The molecule has 0 fully saturated rings. The predicted octanol–water partition coefficient (Wildman–Crippen LogP) is 1.20. The fourth-order valence-electron chi connectivity index (χ4n) is 2.63. The van der Waals surface area contributed by atoms with Gasteiger partial charge in [-0.15, -0.1) is 10.2 Å². The highest BCUT2D eigenvalue weighted by molar-refractivity contribution is 5.90. The fourth-order valence-corrected chi connectivity index (χ4v) is 2.63. The number of aliphatic imine (C=N–C) groups is 2. The summed E-state index contributed by atoms with van der Waals surface area (Å²) in [6.07, 6.45) is 6.51. The summed E-state index contributed by atoms with van der Waals surface area (Å²) >= 11 is 0. The van der Waals surface area contributed by atoms with E-state index in [9.17, 15) is 0 Å². The predicted molar refractivity (Wildman–Crippen MR) is 111 cm³/mol. The highest BCUT2D eigenvalue weighted by Gasteiger charge is 2.00. The minimum Gasteiger partial charge on any atom is -0.306 e. The van der Waals surface area contributed by atoms with Crippen LogP contribution in [0.3, 0.4) is 0 Å². The maximum atomic E-state index is 8.04. The molecular weight excluding hydrogens is 382 g/mol. The van der Waals surface area contributed by atoms with Gasteiger partial charge >= 0.3 is 0 Å². The Kier molecular flexibility index (Phi) is 5.80. The number of hydrogen-bond donors (Lipinski definition) is 1. The van der Waals surface area contributed by atoms with Crippen molar-refractivity contribution in [2.24, 2.45) is 9.98 Å². The summed E-state index contributed by atoms with van der Waals surface area (Å²) in [5.74, 6) is 0. The first-order valence-electron chi connectivity index (χ1n) is 9.01. The molecule has 0 saturated carbocycles. The fraction of sp³-hybridized carbons (Fsp3) is 0.105. The van der Waals surface area contributed by atoms with Crippen LogP contribution >= 0.6 is 0 Å². The van der Waals surface area contributed by atoms with Gasteiger partial charge in [0.2, 0.25) is 0 Å². The van der Waals surface area contributed by atoms with Gasteiger partial charge in [-0.2, -0.15) is 0 Å². The molecule has 2 heterocycles. The van der Waals surface area contributed by atoms with E-state index in [1.54, 1.807) is 21.8 Å². The summed E-state index contributed by atoms with van der Waals surface area (Å²) in [7, 11) is 0. The second-order valence-electron chi connectivity index (χ2n) is 6.24. The first-order valence-corrected chi connectivity index (χ1v) is 9.01. The Hall–Kier alpha value is -4.41. The third-order valence-electron chi connectivity index (χ3n) is 4.01. The van der Waals surface area contributed by atoms with Crippen molar-refractivity contribution in [3.8, 4) is 11.4 Å². The van der Waals surface area contributed by atoms with E-state index in [4.69, 9.17) is 5.41 Å². The van der Waals surface area contributed by atoms with Gasteiger partial charge in [0.25, 0.3) is 0 Å². The normalized spacial score (nSPS) is 11.5. The molecule has 2 aromatic heterocycles. The number of nitrogens with one attached hydrogen (secondary N) is 1. The molecule has 11 heteroatoms. The molecule has 148 valence electrons. The Morgan fingerprint density at radius 1 is 0.800 bits per heavy atom. The van der Waals surface area contributed by atoms with Crippen molar-refractivity contribution < 1.29 is 0 Å². The minimum atomic E-state index is 0.275. The zero-order chi connectivity index (χ0) is 20.6. The number of hydrogen-bond acceptors (Lipinski definition) is 9. The topological polar surface area (TPSA) is 136 Å². The van der Waals surface area contributed by atoms with E-state index in [2.05, 4.69) is 41.0 Å². The van der Waals surface area contributed by atoms with E-state index in [-0.39, 0.29) is 13.1 Å². The van der Waals surface area contributed by atoms with Crippen LogP contribution in [0, 0.1) is 5.41 Å². The maximum Gasteiger partial charge on any atom is 0.143 e. The van der Waals surface area contributed by atoms with E-state index in [0.29, 0.717) is 5.71 Å². The molecule has 0 bridgehead atoms. The van der Waals surface area contributed by atoms with Gasteiger partial charge in [0.15, 0.2) is 0 Å². The van der Waals surface area contributed by atoms with Crippen LogP contribution in [-0.2, 0) is 0 Å². The molecule has 0 amide bonds. The van der Waals surface area contributed by atoms with E-state index >= 15 is 0 Å². The Morgan fingerprint density at radius 2 is 1.30 bits per heavy atom. The van der Waals surface area contributed by atoms with Gasteiger partial charge in [-0.1, -0.05) is 24.3 Å². The summed E-state index contributed by atoms with van der Waals surface area (Å²) in [6, 6.07) is 15.3. The van der Waals surface area contributed by atoms with Crippen LogP contribution < -0.4 is 0 Å². The zero-order valence-electron chi connectivity index (χ0n) is 15.8. The monoisotopic (exact) mass is 399 g/mol. The van der Waals surface area contributed by atoms with E-state index in [1.165, 1.54) is 12.7 Å². The summed E-state index contributed by atoms with van der Waals surface area (Å²) in [6.45, 7) is 0.550. The van der Waals surface area contributed by atoms with Crippen molar-refractivity contribution in [3.63, 3.8) is 0 Å². The highest BCUT2D eigenvalue weighted by Crippen LogP contribution is 2.08. The van der Waals surface area contributed by atoms with E-state index < -0.39 is 0 Å². The molecule has 0 saturated heterocycles. The molecular formula is C19H17N11.